The highest BCUT2D eigenvalue weighted by Gasteiger charge is 1.98. The first-order chi connectivity index (χ1) is 3.39. The summed E-state index contributed by atoms with van der Waals surface area (Å²) in [7, 11) is 0. The minimum atomic E-state index is 0. The van der Waals surface area contributed by atoms with Crippen LogP contribution in [0.1, 0.15) is 13.8 Å². The second-order valence-electron chi connectivity index (χ2n) is 1.55. The van der Waals surface area contributed by atoms with Crippen molar-refractivity contribution in [2.45, 2.75) is 13.8 Å². The lowest BCUT2D eigenvalue weighted by Crippen LogP contribution is -2.23. The van der Waals surface area contributed by atoms with Crippen LogP contribution in [0.4, 0.5) is 0 Å². The van der Waals surface area contributed by atoms with E-state index in [4.69, 9.17) is 4.74 Å². The van der Waals surface area contributed by atoms with Crippen LogP contribution in [0.2, 0.25) is 0 Å². The maximum Gasteiger partial charge on any atom is 0.179 e. The molecular formula is C6H13NO. The van der Waals surface area contributed by atoms with Crippen LogP contribution in [0.3, 0.4) is 0 Å². The van der Waals surface area contributed by atoms with Crippen molar-refractivity contribution >= 4 is 0 Å². The largest absolute Gasteiger partial charge is 0.480 e. The first-order valence-corrected chi connectivity index (χ1v) is 2.45. The van der Waals surface area contributed by atoms with Crippen LogP contribution >= 0.6 is 0 Å². The fourth-order valence-electron chi connectivity index (χ4n) is 0.546. The summed E-state index contributed by atoms with van der Waals surface area (Å²) in [6.07, 6.45) is 1.10. The lowest BCUT2D eigenvalue weighted by molar-refractivity contribution is 0.159. The zero-order chi connectivity index (χ0) is 5.11. The Hall–Kier alpha value is -0.660. The summed E-state index contributed by atoms with van der Waals surface area (Å²) in [5, 5.41) is 2.97. The highest BCUT2D eigenvalue weighted by Crippen LogP contribution is 1.95. The number of rotatable bonds is 0. The maximum atomic E-state index is 4.97. The molecule has 0 radical (unpaired) electrons. The topological polar surface area (TPSA) is 21.3 Å². The van der Waals surface area contributed by atoms with Gasteiger partial charge in [-0.05, 0) is 13.0 Å². The highest BCUT2D eigenvalue weighted by atomic mass is 16.5. The molecule has 2 nitrogen and oxygen atoms in total. The summed E-state index contributed by atoms with van der Waals surface area (Å²) in [6.45, 7) is 5.42. The first kappa shape index (κ1) is 7.34. The van der Waals surface area contributed by atoms with Gasteiger partial charge in [0.15, 0.2) is 5.88 Å². The zero-order valence-corrected chi connectivity index (χ0v) is 4.24. The minimum absolute atomic E-state index is 0. The van der Waals surface area contributed by atoms with Gasteiger partial charge in [-0.25, -0.2) is 0 Å². The molecule has 0 aromatic carbocycles. The monoisotopic (exact) mass is 115 g/mol. The Bertz CT molecular complexity index is 72.6. The van der Waals surface area contributed by atoms with Gasteiger partial charge in [0.25, 0.3) is 0 Å². The average molecular weight is 115 g/mol. The van der Waals surface area contributed by atoms with Crippen LogP contribution in [-0.4, -0.2) is 13.2 Å². The molecule has 0 saturated carbocycles. The molecule has 48 valence electrons. The molecule has 0 spiro atoms. The maximum absolute atomic E-state index is 4.97. The van der Waals surface area contributed by atoms with E-state index in [9.17, 15) is 0 Å². The van der Waals surface area contributed by atoms with Gasteiger partial charge in [-0.3, -0.25) is 0 Å². The van der Waals surface area contributed by atoms with E-state index in [0.29, 0.717) is 5.88 Å². The molecule has 1 fully saturated rings. The molecule has 8 heavy (non-hydrogen) atoms. The van der Waals surface area contributed by atoms with E-state index in [-0.39, 0.29) is 7.43 Å². The van der Waals surface area contributed by atoms with Gasteiger partial charge in [-0.2, -0.15) is 0 Å². The molecule has 0 aliphatic carbocycles. The van der Waals surface area contributed by atoms with Gasteiger partial charge < -0.3 is 10.1 Å². The van der Waals surface area contributed by atoms with Crippen molar-refractivity contribution in [2.24, 2.45) is 0 Å². The second kappa shape index (κ2) is 3.36. The third kappa shape index (κ3) is 1.87. The molecule has 2 heteroatoms. The second-order valence-corrected chi connectivity index (χ2v) is 1.55. The molecule has 0 atom stereocenters. The smallest absolute Gasteiger partial charge is 0.179 e. The molecule has 1 rings (SSSR count). The lowest BCUT2D eigenvalue weighted by atomic mass is 10.4. The summed E-state index contributed by atoms with van der Waals surface area (Å²) in [6, 6.07) is 0. The fourth-order valence-corrected chi connectivity index (χ4v) is 0.546. The Labute approximate surface area is 50.5 Å². The number of hydrogen-bond acceptors (Lipinski definition) is 2. The Kier molecular flexibility index (Phi) is 3.08. The summed E-state index contributed by atoms with van der Waals surface area (Å²) in [4.78, 5) is 0. The molecule has 0 unspecified atom stereocenters. The molecule has 1 aliphatic rings. The molecule has 1 saturated heterocycles. The van der Waals surface area contributed by atoms with Gasteiger partial charge in [0.05, 0.1) is 6.61 Å². The van der Waals surface area contributed by atoms with E-state index in [1.807, 2.05) is 0 Å². The van der Waals surface area contributed by atoms with Crippen LogP contribution in [-0.2, 0) is 4.74 Å². The fraction of sp³-hybridized carbons (Fsp3) is 0.667. The van der Waals surface area contributed by atoms with E-state index in [0.717, 1.165) is 19.6 Å². The third-order valence-electron chi connectivity index (χ3n) is 0.920. The molecule has 0 aromatic rings. The molecule has 1 aliphatic heterocycles. The van der Waals surface area contributed by atoms with Gasteiger partial charge >= 0.3 is 0 Å². The van der Waals surface area contributed by atoms with Crippen molar-refractivity contribution in [2.75, 3.05) is 13.2 Å². The quantitative estimate of drug-likeness (QED) is 0.510. The van der Waals surface area contributed by atoms with Crippen molar-refractivity contribution in [1.82, 2.24) is 5.32 Å². The molecule has 0 amide bonds. The van der Waals surface area contributed by atoms with E-state index < -0.39 is 0 Å². The van der Waals surface area contributed by atoms with Crippen molar-refractivity contribution in [3.8, 4) is 0 Å². The summed E-state index contributed by atoms with van der Waals surface area (Å²) < 4.78 is 4.97. The SMILES string of the molecule is C.C=C1NCCCO1. The van der Waals surface area contributed by atoms with Crippen LogP contribution in [0, 0.1) is 0 Å². The third-order valence-corrected chi connectivity index (χ3v) is 0.920. The summed E-state index contributed by atoms with van der Waals surface area (Å²) in [5.74, 6) is 0.714. The van der Waals surface area contributed by atoms with Crippen LogP contribution < -0.4 is 5.32 Å². The Balaban J connectivity index is 0.000000490. The molecular weight excluding hydrogens is 102 g/mol. The van der Waals surface area contributed by atoms with E-state index in [1.54, 1.807) is 0 Å². The van der Waals surface area contributed by atoms with Crippen molar-refractivity contribution < 1.29 is 4.74 Å². The number of hydrogen-bond donors (Lipinski definition) is 1. The van der Waals surface area contributed by atoms with Gasteiger partial charge in [0.1, 0.15) is 0 Å². The standard InChI is InChI=1S/C5H9NO.CH4/c1-5-6-3-2-4-7-5;/h6H,1-4H2;1H4. The van der Waals surface area contributed by atoms with Crippen LogP contribution in [0.25, 0.3) is 0 Å². The van der Waals surface area contributed by atoms with Gasteiger partial charge in [-0.15, -0.1) is 0 Å². The van der Waals surface area contributed by atoms with Crippen molar-refractivity contribution in [1.29, 1.82) is 0 Å². The number of nitrogens with one attached hydrogen (secondary N) is 1. The molecule has 0 aromatic heterocycles. The Morgan fingerprint density at radius 2 is 2.38 bits per heavy atom. The molecule has 0 bridgehead atoms. The summed E-state index contributed by atoms with van der Waals surface area (Å²) >= 11 is 0. The predicted octanol–water partition coefficient (Wildman–Crippen LogP) is 1.10. The van der Waals surface area contributed by atoms with Gasteiger partial charge in [0, 0.05) is 6.54 Å². The predicted molar refractivity (Wildman–Crippen MR) is 34.4 cm³/mol. The number of ether oxygens (including phenoxy) is 1. The van der Waals surface area contributed by atoms with Crippen molar-refractivity contribution in [3.63, 3.8) is 0 Å². The summed E-state index contributed by atoms with van der Waals surface area (Å²) in [5.41, 5.74) is 0. The first-order valence-electron chi connectivity index (χ1n) is 2.45. The van der Waals surface area contributed by atoms with E-state index in [2.05, 4.69) is 11.9 Å². The Morgan fingerprint density at radius 3 is 2.62 bits per heavy atom. The van der Waals surface area contributed by atoms with E-state index >= 15 is 0 Å². The van der Waals surface area contributed by atoms with Gasteiger partial charge in [0.2, 0.25) is 0 Å². The van der Waals surface area contributed by atoms with Gasteiger partial charge in [-0.1, -0.05) is 7.43 Å². The molecule has 1 N–H and O–H groups in total. The highest BCUT2D eigenvalue weighted by molar-refractivity contribution is 4.81. The van der Waals surface area contributed by atoms with Crippen LogP contribution in [0.15, 0.2) is 12.5 Å². The zero-order valence-electron chi connectivity index (χ0n) is 4.24. The molecule has 1 heterocycles. The Morgan fingerprint density at radius 1 is 1.62 bits per heavy atom. The minimum Gasteiger partial charge on any atom is -0.480 e. The van der Waals surface area contributed by atoms with E-state index in [1.165, 1.54) is 0 Å². The van der Waals surface area contributed by atoms with Crippen LogP contribution in [0.5, 0.6) is 0 Å². The average Bonchev–Trinajstić information content (AvgIpc) is 1.69. The normalized spacial score (nSPS) is 17.8. The van der Waals surface area contributed by atoms with Crippen molar-refractivity contribution in [3.05, 3.63) is 12.5 Å². The lowest BCUT2D eigenvalue weighted by Gasteiger charge is -2.15.